The lowest BCUT2D eigenvalue weighted by molar-refractivity contribution is -0.383. The van der Waals surface area contributed by atoms with Crippen LogP contribution in [0.2, 0.25) is 0 Å². The van der Waals surface area contributed by atoms with Crippen molar-refractivity contribution in [3.8, 4) is 11.1 Å². The van der Waals surface area contributed by atoms with Crippen molar-refractivity contribution in [1.82, 2.24) is 4.98 Å². The molecule has 0 bridgehead atoms. The fraction of sp³-hybridized carbons (Fsp3) is 0.353. The van der Waals surface area contributed by atoms with Crippen LogP contribution in [0.5, 0.6) is 0 Å². The molecule has 23 heavy (non-hydrogen) atoms. The maximum Gasteiger partial charge on any atom is 0.319 e. The van der Waals surface area contributed by atoms with Gasteiger partial charge in [-0.3, -0.25) is 10.1 Å². The first-order valence-electron chi connectivity index (χ1n) is 7.58. The number of nitrogens with zero attached hydrogens (tertiary/aromatic N) is 3. The Labute approximate surface area is 133 Å². The summed E-state index contributed by atoms with van der Waals surface area (Å²) in [6, 6.07) is 7.59. The Kier molecular flexibility index (Phi) is 3.75. The van der Waals surface area contributed by atoms with Crippen LogP contribution < -0.4 is 4.90 Å². The predicted molar refractivity (Wildman–Crippen MR) is 86.9 cm³/mol. The third-order valence-corrected chi connectivity index (χ3v) is 4.41. The Hall–Kier alpha value is -2.50. The summed E-state index contributed by atoms with van der Waals surface area (Å²) >= 11 is 0. The van der Waals surface area contributed by atoms with Gasteiger partial charge in [0.05, 0.1) is 10.5 Å². The minimum atomic E-state index is -0.478. The molecule has 6 heteroatoms. The van der Waals surface area contributed by atoms with Crippen molar-refractivity contribution in [2.75, 3.05) is 11.4 Å². The summed E-state index contributed by atoms with van der Waals surface area (Å²) in [5.74, 6) is -0.160. The zero-order valence-electron chi connectivity index (χ0n) is 13.1. The number of aromatic nitrogens is 1. The van der Waals surface area contributed by atoms with E-state index in [9.17, 15) is 14.5 Å². The molecule has 0 N–H and O–H groups in total. The molecule has 0 amide bonds. The van der Waals surface area contributed by atoms with Crippen LogP contribution in [0.15, 0.2) is 36.5 Å². The Morgan fingerprint density at radius 3 is 2.61 bits per heavy atom. The SMILES string of the molecule is CC1(C)CCCN1c1nccc(-c2ccccc2F)c1[N+](=O)[O-]. The second kappa shape index (κ2) is 5.61. The lowest BCUT2D eigenvalue weighted by Gasteiger charge is -2.32. The summed E-state index contributed by atoms with van der Waals surface area (Å²) in [5.41, 5.74) is 0.152. The highest BCUT2D eigenvalue weighted by atomic mass is 19.1. The van der Waals surface area contributed by atoms with Gasteiger partial charge in [-0.05, 0) is 38.8 Å². The van der Waals surface area contributed by atoms with Crippen molar-refractivity contribution in [2.24, 2.45) is 0 Å². The van der Waals surface area contributed by atoms with Gasteiger partial charge in [0, 0.05) is 23.8 Å². The lowest BCUT2D eigenvalue weighted by Crippen LogP contribution is -2.39. The summed E-state index contributed by atoms with van der Waals surface area (Å²) in [6.45, 7) is 4.80. The van der Waals surface area contributed by atoms with E-state index in [4.69, 9.17) is 0 Å². The average molecular weight is 315 g/mol. The number of pyridine rings is 1. The van der Waals surface area contributed by atoms with E-state index >= 15 is 0 Å². The van der Waals surface area contributed by atoms with Crippen LogP contribution >= 0.6 is 0 Å². The molecule has 1 aromatic carbocycles. The average Bonchev–Trinajstić information content (AvgIpc) is 2.86. The van der Waals surface area contributed by atoms with E-state index in [-0.39, 0.29) is 22.4 Å². The van der Waals surface area contributed by atoms with Crippen LogP contribution in [0.3, 0.4) is 0 Å². The fourth-order valence-electron chi connectivity index (χ4n) is 3.22. The van der Waals surface area contributed by atoms with Crippen molar-refractivity contribution in [3.05, 3.63) is 52.5 Å². The van der Waals surface area contributed by atoms with Gasteiger partial charge < -0.3 is 4.90 Å². The molecule has 1 fully saturated rings. The predicted octanol–water partition coefficient (Wildman–Crippen LogP) is 4.17. The monoisotopic (exact) mass is 315 g/mol. The summed E-state index contributed by atoms with van der Waals surface area (Å²) in [5, 5.41) is 11.7. The van der Waals surface area contributed by atoms with Crippen LogP contribution in [-0.2, 0) is 0 Å². The number of hydrogen-bond acceptors (Lipinski definition) is 4. The number of hydrogen-bond donors (Lipinski definition) is 0. The van der Waals surface area contributed by atoms with Crippen LogP contribution in [0.25, 0.3) is 11.1 Å². The summed E-state index contributed by atoms with van der Waals surface area (Å²) in [7, 11) is 0. The minimum Gasteiger partial charge on any atom is -0.346 e. The standard InChI is InChI=1S/C17H18FN3O2/c1-17(2)9-5-11-20(17)16-15(21(22)23)13(8-10-19-16)12-6-3-4-7-14(12)18/h3-4,6-8,10H,5,9,11H2,1-2H3. The first-order valence-corrected chi connectivity index (χ1v) is 7.58. The highest BCUT2D eigenvalue weighted by Gasteiger charge is 2.38. The number of anilines is 1. The van der Waals surface area contributed by atoms with Gasteiger partial charge in [-0.2, -0.15) is 0 Å². The largest absolute Gasteiger partial charge is 0.346 e. The van der Waals surface area contributed by atoms with Crippen molar-refractivity contribution < 1.29 is 9.31 Å². The molecule has 1 saturated heterocycles. The lowest BCUT2D eigenvalue weighted by atomic mass is 10.0. The molecule has 2 heterocycles. The molecular weight excluding hydrogens is 297 g/mol. The smallest absolute Gasteiger partial charge is 0.319 e. The summed E-state index contributed by atoms with van der Waals surface area (Å²) in [4.78, 5) is 17.5. The van der Waals surface area contributed by atoms with Gasteiger partial charge in [-0.15, -0.1) is 0 Å². The summed E-state index contributed by atoms with van der Waals surface area (Å²) in [6.07, 6.45) is 3.41. The number of halogens is 1. The maximum atomic E-state index is 14.1. The zero-order chi connectivity index (χ0) is 16.6. The van der Waals surface area contributed by atoms with E-state index in [2.05, 4.69) is 4.98 Å². The second-order valence-corrected chi connectivity index (χ2v) is 6.34. The molecule has 5 nitrogen and oxygen atoms in total. The molecule has 0 atom stereocenters. The molecule has 0 aliphatic carbocycles. The van der Waals surface area contributed by atoms with Gasteiger partial charge in [0.2, 0.25) is 5.82 Å². The third-order valence-electron chi connectivity index (χ3n) is 4.41. The Morgan fingerprint density at radius 2 is 2.00 bits per heavy atom. The fourth-order valence-corrected chi connectivity index (χ4v) is 3.22. The third kappa shape index (κ3) is 2.65. The van der Waals surface area contributed by atoms with E-state index < -0.39 is 10.7 Å². The first kappa shape index (κ1) is 15.4. The molecule has 0 radical (unpaired) electrons. The van der Waals surface area contributed by atoms with Gasteiger partial charge in [-0.1, -0.05) is 18.2 Å². The quantitative estimate of drug-likeness (QED) is 0.630. The van der Waals surface area contributed by atoms with Crippen LogP contribution in [0.4, 0.5) is 15.9 Å². The van der Waals surface area contributed by atoms with Gasteiger partial charge in [0.15, 0.2) is 0 Å². The topological polar surface area (TPSA) is 59.3 Å². The molecule has 3 rings (SSSR count). The van der Waals surface area contributed by atoms with Crippen molar-refractivity contribution >= 4 is 11.5 Å². The Balaban J connectivity index is 2.22. The van der Waals surface area contributed by atoms with Gasteiger partial charge in [0.1, 0.15) is 5.82 Å². The molecule has 0 spiro atoms. The van der Waals surface area contributed by atoms with Crippen molar-refractivity contribution in [2.45, 2.75) is 32.2 Å². The molecular formula is C17H18FN3O2. The molecule has 1 aliphatic heterocycles. The number of rotatable bonds is 3. The first-order chi connectivity index (χ1) is 10.9. The molecule has 1 aromatic heterocycles. The second-order valence-electron chi connectivity index (χ2n) is 6.34. The van der Waals surface area contributed by atoms with E-state index in [1.165, 1.54) is 18.3 Å². The van der Waals surface area contributed by atoms with Gasteiger partial charge >= 0.3 is 5.69 Å². The Morgan fingerprint density at radius 1 is 1.26 bits per heavy atom. The van der Waals surface area contributed by atoms with Crippen molar-refractivity contribution in [3.63, 3.8) is 0 Å². The molecule has 120 valence electrons. The van der Waals surface area contributed by atoms with E-state index in [0.29, 0.717) is 12.4 Å². The molecule has 0 unspecified atom stereocenters. The summed E-state index contributed by atoms with van der Waals surface area (Å²) < 4.78 is 14.1. The van der Waals surface area contributed by atoms with Crippen LogP contribution in [-0.4, -0.2) is 22.0 Å². The van der Waals surface area contributed by atoms with Gasteiger partial charge in [0.25, 0.3) is 0 Å². The highest BCUT2D eigenvalue weighted by molar-refractivity contribution is 5.81. The molecule has 1 aliphatic rings. The molecule has 2 aromatic rings. The molecule has 0 saturated carbocycles. The maximum absolute atomic E-state index is 14.1. The van der Waals surface area contributed by atoms with Crippen LogP contribution in [0.1, 0.15) is 26.7 Å². The van der Waals surface area contributed by atoms with Gasteiger partial charge in [-0.25, -0.2) is 9.37 Å². The number of benzene rings is 1. The zero-order valence-corrected chi connectivity index (χ0v) is 13.1. The Bertz CT molecular complexity index is 761. The van der Waals surface area contributed by atoms with Crippen molar-refractivity contribution in [1.29, 1.82) is 0 Å². The highest BCUT2D eigenvalue weighted by Crippen LogP contribution is 2.42. The number of nitro groups is 1. The minimum absolute atomic E-state index is 0.132. The van der Waals surface area contributed by atoms with E-state index in [0.717, 1.165) is 12.8 Å². The van der Waals surface area contributed by atoms with Crippen LogP contribution in [0, 0.1) is 15.9 Å². The normalized spacial score (nSPS) is 16.6. The van der Waals surface area contributed by atoms with E-state index in [1.54, 1.807) is 18.2 Å². The van der Waals surface area contributed by atoms with E-state index in [1.807, 2.05) is 18.7 Å².